The molecule has 1 unspecified atom stereocenters. The number of hydrogen-bond donors (Lipinski definition) is 1. The average Bonchev–Trinajstić information content (AvgIpc) is 2.77. The molecule has 2 rings (SSSR count). The zero-order valence-corrected chi connectivity index (χ0v) is 10.3. The van der Waals surface area contributed by atoms with Crippen LogP contribution in [0.3, 0.4) is 0 Å². The quantitative estimate of drug-likeness (QED) is 0.861. The summed E-state index contributed by atoms with van der Waals surface area (Å²) >= 11 is 0. The predicted octanol–water partition coefficient (Wildman–Crippen LogP) is 2.17. The number of nitrogens with zero attached hydrogens (tertiary/aromatic N) is 1. The third-order valence-electron chi connectivity index (χ3n) is 2.96. The lowest BCUT2D eigenvalue weighted by molar-refractivity contribution is -0.115. The summed E-state index contributed by atoms with van der Waals surface area (Å²) in [7, 11) is 0. The third kappa shape index (κ3) is 2.93. The molecule has 0 aliphatic carbocycles. The second-order valence-electron chi connectivity index (χ2n) is 4.80. The molecule has 0 fully saturated rings. The molecule has 0 amide bonds. The molecule has 90 valence electrons. The molecular weight excluding hydrogens is 212 g/mol. The van der Waals surface area contributed by atoms with Crippen molar-refractivity contribution in [3.8, 4) is 0 Å². The molecular formula is C14H18N2O. The van der Waals surface area contributed by atoms with Crippen LogP contribution in [0, 0.1) is 5.92 Å². The van der Waals surface area contributed by atoms with Crippen LogP contribution in [-0.2, 0) is 11.2 Å². The molecule has 1 heterocycles. The van der Waals surface area contributed by atoms with Gasteiger partial charge in [-0.2, -0.15) is 5.10 Å². The molecule has 1 atom stereocenters. The van der Waals surface area contributed by atoms with Gasteiger partial charge in [0.15, 0.2) is 5.78 Å². The molecule has 3 nitrogen and oxygen atoms in total. The van der Waals surface area contributed by atoms with Crippen molar-refractivity contribution < 1.29 is 4.79 Å². The molecule has 17 heavy (non-hydrogen) atoms. The summed E-state index contributed by atoms with van der Waals surface area (Å²) in [5.74, 6) is 0.194. The molecule has 0 bridgehead atoms. The molecule has 1 aliphatic heterocycles. The Morgan fingerprint density at radius 3 is 2.76 bits per heavy atom. The van der Waals surface area contributed by atoms with Gasteiger partial charge in [-0.1, -0.05) is 44.2 Å². The zero-order valence-electron chi connectivity index (χ0n) is 10.3. The number of benzene rings is 1. The molecule has 0 saturated heterocycles. The highest BCUT2D eigenvalue weighted by Gasteiger charge is 2.25. The van der Waals surface area contributed by atoms with Crippen LogP contribution in [0.4, 0.5) is 0 Å². The first-order valence-electron chi connectivity index (χ1n) is 6.07. The normalized spacial score (nSPS) is 19.0. The fourth-order valence-electron chi connectivity index (χ4n) is 2.00. The maximum atomic E-state index is 11.8. The van der Waals surface area contributed by atoms with Gasteiger partial charge in [-0.3, -0.25) is 4.79 Å². The van der Waals surface area contributed by atoms with E-state index in [9.17, 15) is 4.79 Å². The van der Waals surface area contributed by atoms with Crippen molar-refractivity contribution in [2.24, 2.45) is 11.0 Å². The van der Waals surface area contributed by atoms with Gasteiger partial charge in [0, 0.05) is 12.3 Å². The van der Waals surface area contributed by atoms with Gasteiger partial charge in [0.05, 0.1) is 6.04 Å². The first-order chi connectivity index (χ1) is 8.16. The van der Waals surface area contributed by atoms with E-state index in [0.717, 1.165) is 12.8 Å². The van der Waals surface area contributed by atoms with Crippen molar-refractivity contribution in [2.75, 3.05) is 0 Å². The Morgan fingerprint density at radius 1 is 1.41 bits per heavy atom. The van der Waals surface area contributed by atoms with Crippen LogP contribution in [-0.4, -0.2) is 17.5 Å². The Balaban J connectivity index is 1.91. The molecule has 0 saturated carbocycles. The first-order valence-corrected chi connectivity index (χ1v) is 6.07. The highest BCUT2D eigenvalue weighted by atomic mass is 16.1. The number of carbonyl (C=O) groups is 1. The summed E-state index contributed by atoms with van der Waals surface area (Å²) in [5, 5.41) is 4.15. The van der Waals surface area contributed by atoms with Crippen LogP contribution in [0.2, 0.25) is 0 Å². The molecule has 0 radical (unpaired) electrons. The Morgan fingerprint density at radius 2 is 2.12 bits per heavy atom. The second-order valence-corrected chi connectivity index (χ2v) is 4.80. The Bertz CT molecular complexity index is 423. The van der Waals surface area contributed by atoms with E-state index in [1.54, 1.807) is 0 Å². The monoisotopic (exact) mass is 230 g/mol. The van der Waals surface area contributed by atoms with E-state index in [4.69, 9.17) is 0 Å². The number of ketones is 1. The molecule has 1 aromatic carbocycles. The van der Waals surface area contributed by atoms with Crippen molar-refractivity contribution in [3.05, 3.63) is 35.9 Å². The second kappa shape index (κ2) is 5.13. The summed E-state index contributed by atoms with van der Waals surface area (Å²) in [6.07, 6.45) is 1.66. The van der Waals surface area contributed by atoms with E-state index >= 15 is 0 Å². The summed E-state index contributed by atoms with van der Waals surface area (Å²) in [6, 6.07) is 10.5. The van der Waals surface area contributed by atoms with Crippen molar-refractivity contribution in [1.29, 1.82) is 0 Å². The largest absolute Gasteiger partial charge is 0.306 e. The maximum Gasteiger partial charge on any atom is 0.181 e. The minimum atomic E-state index is 0.0334. The summed E-state index contributed by atoms with van der Waals surface area (Å²) in [6.45, 7) is 3.82. The summed E-state index contributed by atoms with van der Waals surface area (Å²) in [5.41, 5.74) is 5.03. The topological polar surface area (TPSA) is 41.5 Å². The maximum absolute atomic E-state index is 11.8. The van der Waals surface area contributed by atoms with Crippen LogP contribution in [0.25, 0.3) is 0 Å². The lowest BCUT2D eigenvalue weighted by Crippen LogP contribution is -2.24. The summed E-state index contributed by atoms with van der Waals surface area (Å²) in [4.78, 5) is 11.8. The minimum Gasteiger partial charge on any atom is -0.306 e. The third-order valence-corrected chi connectivity index (χ3v) is 2.96. The average molecular weight is 230 g/mol. The van der Waals surface area contributed by atoms with Gasteiger partial charge in [-0.05, 0) is 12.0 Å². The van der Waals surface area contributed by atoms with E-state index in [0.29, 0.717) is 5.71 Å². The fraction of sp³-hybridized carbons (Fsp3) is 0.429. The Labute approximate surface area is 102 Å². The van der Waals surface area contributed by atoms with Crippen LogP contribution >= 0.6 is 0 Å². The van der Waals surface area contributed by atoms with E-state index in [-0.39, 0.29) is 17.7 Å². The number of nitrogens with one attached hydrogen (secondary N) is 1. The lowest BCUT2D eigenvalue weighted by atomic mass is 9.97. The van der Waals surface area contributed by atoms with Crippen LogP contribution < -0.4 is 5.43 Å². The Kier molecular flexibility index (Phi) is 3.57. The molecule has 1 aromatic rings. The lowest BCUT2D eigenvalue weighted by Gasteiger charge is -2.09. The van der Waals surface area contributed by atoms with E-state index in [1.165, 1.54) is 5.56 Å². The number of hydrogen-bond acceptors (Lipinski definition) is 3. The predicted molar refractivity (Wildman–Crippen MR) is 69.0 cm³/mol. The van der Waals surface area contributed by atoms with Gasteiger partial charge < -0.3 is 5.43 Å². The van der Waals surface area contributed by atoms with E-state index < -0.39 is 0 Å². The number of carbonyl (C=O) groups excluding carboxylic acids is 1. The number of rotatable bonds is 4. The van der Waals surface area contributed by atoms with E-state index in [1.807, 2.05) is 32.0 Å². The van der Waals surface area contributed by atoms with Crippen molar-refractivity contribution >= 4 is 11.5 Å². The van der Waals surface area contributed by atoms with Gasteiger partial charge in [0.25, 0.3) is 0 Å². The van der Waals surface area contributed by atoms with Crippen LogP contribution in [0.15, 0.2) is 35.4 Å². The molecule has 1 N–H and O–H groups in total. The van der Waals surface area contributed by atoms with Crippen molar-refractivity contribution in [2.45, 2.75) is 32.7 Å². The van der Waals surface area contributed by atoms with Crippen molar-refractivity contribution in [1.82, 2.24) is 5.43 Å². The molecule has 3 heteroatoms. The van der Waals surface area contributed by atoms with Gasteiger partial charge >= 0.3 is 0 Å². The Hall–Kier alpha value is -1.64. The van der Waals surface area contributed by atoms with Crippen LogP contribution in [0.1, 0.15) is 25.8 Å². The standard InChI is InChI=1S/C14H18N2O/c1-10(2)14(17)13-9-12(15-16-13)8-11-6-4-3-5-7-11/h3-7,10,12,15H,8-9H2,1-2H3. The fourth-order valence-corrected chi connectivity index (χ4v) is 2.00. The van der Waals surface area contributed by atoms with Crippen molar-refractivity contribution in [3.63, 3.8) is 0 Å². The SMILES string of the molecule is CC(C)C(=O)C1=NNC(Cc2ccccc2)C1. The van der Waals surface area contributed by atoms with Gasteiger partial charge in [0.2, 0.25) is 0 Å². The smallest absolute Gasteiger partial charge is 0.181 e. The van der Waals surface area contributed by atoms with Gasteiger partial charge in [-0.15, -0.1) is 0 Å². The van der Waals surface area contributed by atoms with Gasteiger partial charge in [-0.25, -0.2) is 0 Å². The highest BCUT2D eigenvalue weighted by molar-refractivity contribution is 6.40. The summed E-state index contributed by atoms with van der Waals surface area (Å²) < 4.78 is 0. The molecule has 0 spiro atoms. The van der Waals surface area contributed by atoms with Gasteiger partial charge in [0.1, 0.15) is 5.71 Å². The molecule has 0 aromatic heterocycles. The number of Topliss-reactive ketones (excluding diaryl/α,β-unsaturated/α-hetero) is 1. The van der Waals surface area contributed by atoms with Crippen LogP contribution in [0.5, 0.6) is 0 Å². The minimum absolute atomic E-state index is 0.0334. The highest BCUT2D eigenvalue weighted by Crippen LogP contribution is 2.13. The van der Waals surface area contributed by atoms with E-state index in [2.05, 4.69) is 22.7 Å². The number of hydrazone groups is 1. The zero-order chi connectivity index (χ0) is 12.3. The first kappa shape index (κ1) is 11.8. The molecule has 1 aliphatic rings.